The molecule has 2 aliphatic heterocycles. The predicted octanol–water partition coefficient (Wildman–Crippen LogP) is 2.72. The fourth-order valence-corrected chi connectivity index (χ4v) is 3.30. The van der Waals surface area contributed by atoms with Crippen molar-refractivity contribution in [3.63, 3.8) is 0 Å². The third kappa shape index (κ3) is 3.44. The van der Waals surface area contributed by atoms with Gasteiger partial charge in [0.25, 0.3) is 0 Å². The molecule has 23 heavy (non-hydrogen) atoms. The Balaban J connectivity index is 1.26. The monoisotopic (exact) mass is 316 g/mol. The average molecular weight is 316 g/mol. The van der Waals surface area contributed by atoms with Gasteiger partial charge in [0.2, 0.25) is 0 Å². The number of benzene rings is 1. The van der Waals surface area contributed by atoms with Crippen molar-refractivity contribution in [1.29, 1.82) is 0 Å². The molecule has 1 saturated carbocycles. The molecule has 1 aliphatic carbocycles. The summed E-state index contributed by atoms with van der Waals surface area (Å²) in [6, 6.07) is 7.87. The van der Waals surface area contributed by atoms with E-state index in [0.717, 1.165) is 49.8 Å². The summed E-state index contributed by atoms with van der Waals surface area (Å²) in [5.41, 5.74) is 1.07. The molecule has 4 rings (SSSR count). The molecule has 0 aromatic heterocycles. The van der Waals surface area contributed by atoms with Crippen molar-refractivity contribution in [2.24, 2.45) is 5.92 Å². The zero-order chi connectivity index (χ0) is 15.6. The van der Waals surface area contributed by atoms with Gasteiger partial charge in [-0.2, -0.15) is 0 Å². The van der Waals surface area contributed by atoms with Gasteiger partial charge in [-0.1, -0.05) is 18.2 Å². The second-order valence-electron chi connectivity index (χ2n) is 6.81. The number of hydrogen-bond donors (Lipinski definition) is 1. The number of likely N-dealkylation sites (tertiary alicyclic amines) is 1. The molecule has 2 amide bonds. The van der Waals surface area contributed by atoms with Crippen molar-refractivity contribution in [2.75, 3.05) is 26.3 Å². The zero-order valence-electron chi connectivity index (χ0n) is 13.4. The van der Waals surface area contributed by atoms with Crippen molar-refractivity contribution in [3.8, 4) is 5.75 Å². The largest absolute Gasteiger partial charge is 0.491 e. The molecule has 0 radical (unpaired) electrons. The number of nitrogens with one attached hydrogen (secondary N) is 1. The van der Waals surface area contributed by atoms with E-state index in [4.69, 9.17) is 9.47 Å². The van der Waals surface area contributed by atoms with E-state index in [9.17, 15) is 4.79 Å². The number of urea groups is 1. The van der Waals surface area contributed by atoms with Gasteiger partial charge in [0.05, 0.1) is 12.1 Å². The highest BCUT2D eigenvalue weighted by Gasteiger charge is 2.30. The lowest BCUT2D eigenvalue weighted by Crippen LogP contribution is -2.47. The Kier molecular flexibility index (Phi) is 4.12. The first-order valence-corrected chi connectivity index (χ1v) is 8.68. The van der Waals surface area contributed by atoms with Crippen LogP contribution in [-0.4, -0.2) is 43.3 Å². The summed E-state index contributed by atoms with van der Waals surface area (Å²) in [5.74, 6) is 1.68. The highest BCUT2D eigenvalue weighted by Crippen LogP contribution is 2.32. The SMILES string of the molecule is O=C(N[C@@H]1COc2ccccc21)N1CCC(OCC2CC2)CC1. The molecule has 5 nitrogen and oxygen atoms in total. The maximum absolute atomic E-state index is 12.5. The van der Waals surface area contributed by atoms with E-state index in [1.165, 1.54) is 12.8 Å². The van der Waals surface area contributed by atoms with Gasteiger partial charge in [-0.15, -0.1) is 0 Å². The molecule has 0 spiro atoms. The molecule has 1 aromatic carbocycles. The Labute approximate surface area is 136 Å². The van der Waals surface area contributed by atoms with Gasteiger partial charge in [-0.05, 0) is 37.7 Å². The maximum atomic E-state index is 12.5. The molecular formula is C18H24N2O3. The summed E-state index contributed by atoms with van der Waals surface area (Å²) in [4.78, 5) is 14.4. The molecule has 1 N–H and O–H groups in total. The van der Waals surface area contributed by atoms with Crippen LogP contribution in [0.4, 0.5) is 4.79 Å². The topological polar surface area (TPSA) is 50.8 Å². The molecular weight excluding hydrogens is 292 g/mol. The van der Waals surface area contributed by atoms with Gasteiger partial charge in [0.1, 0.15) is 12.4 Å². The summed E-state index contributed by atoms with van der Waals surface area (Å²) in [6.07, 6.45) is 4.86. The first-order valence-electron chi connectivity index (χ1n) is 8.68. The van der Waals surface area contributed by atoms with E-state index in [-0.39, 0.29) is 12.1 Å². The number of amides is 2. The highest BCUT2D eigenvalue weighted by atomic mass is 16.5. The fourth-order valence-electron chi connectivity index (χ4n) is 3.30. The highest BCUT2D eigenvalue weighted by molar-refractivity contribution is 5.75. The van der Waals surface area contributed by atoms with Crippen LogP contribution >= 0.6 is 0 Å². The number of carbonyl (C=O) groups is 1. The van der Waals surface area contributed by atoms with Gasteiger partial charge in [0.15, 0.2) is 0 Å². The van der Waals surface area contributed by atoms with Crippen molar-refractivity contribution in [2.45, 2.75) is 37.8 Å². The number of nitrogens with zero attached hydrogens (tertiary/aromatic N) is 1. The minimum atomic E-state index is -0.0393. The lowest BCUT2D eigenvalue weighted by molar-refractivity contribution is 0.00924. The van der Waals surface area contributed by atoms with E-state index in [1.54, 1.807) is 0 Å². The van der Waals surface area contributed by atoms with Crippen LogP contribution < -0.4 is 10.1 Å². The van der Waals surface area contributed by atoms with Gasteiger partial charge in [0, 0.05) is 25.3 Å². The zero-order valence-corrected chi connectivity index (χ0v) is 13.4. The average Bonchev–Trinajstić information content (AvgIpc) is 3.34. The van der Waals surface area contributed by atoms with Crippen molar-refractivity contribution in [3.05, 3.63) is 29.8 Å². The summed E-state index contributed by atoms with van der Waals surface area (Å²) in [7, 11) is 0. The van der Waals surface area contributed by atoms with Gasteiger partial charge >= 0.3 is 6.03 Å². The third-order valence-electron chi connectivity index (χ3n) is 4.99. The van der Waals surface area contributed by atoms with E-state index < -0.39 is 0 Å². The Morgan fingerprint density at radius 3 is 2.78 bits per heavy atom. The van der Waals surface area contributed by atoms with E-state index in [0.29, 0.717) is 12.7 Å². The normalized spacial score (nSPS) is 24.2. The molecule has 124 valence electrons. The van der Waals surface area contributed by atoms with Crippen molar-refractivity contribution < 1.29 is 14.3 Å². The molecule has 2 fully saturated rings. The number of para-hydroxylation sites is 1. The maximum Gasteiger partial charge on any atom is 0.318 e. The van der Waals surface area contributed by atoms with Crippen molar-refractivity contribution in [1.82, 2.24) is 10.2 Å². The van der Waals surface area contributed by atoms with E-state index in [2.05, 4.69) is 5.32 Å². The quantitative estimate of drug-likeness (QED) is 0.929. The number of carbonyl (C=O) groups excluding carboxylic acids is 1. The number of ether oxygens (including phenoxy) is 2. The van der Waals surface area contributed by atoms with Crippen LogP contribution in [0.2, 0.25) is 0 Å². The number of hydrogen-bond acceptors (Lipinski definition) is 3. The molecule has 0 unspecified atom stereocenters. The fraction of sp³-hybridized carbons (Fsp3) is 0.611. The minimum Gasteiger partial charge on any atom is -0.491 e. The summed E-state index contributed by atoms with van der Waals surface area (Å²) >= 11 is 0. The molecule has 0 bridgehead atoms. The van der Waals surface area contributed by atoms with E-state index >= 15 is 0 Å². The second-order valence-corrected chi connectivity index (χ2v) is 6.81. The van der Waals surface area contributed by atoms with Crippen LogP contribution in [0.5, 0.6) is 5.75 Å². The summed E-state index contributed by atoms with van der Waals surface area (Å²) in [5, 5.41) is 3.10. The lowest BCUT2D eigenvalue weighted by Gasteiger charge is -2.32. The molecule has 1 aromatic rings. The summed E-state index contributed by atoms with van der Waals surface area (Å²) < 4.78 is 11.6. The molecule has 2 heterocycles. The Bertz CT molecular complexity index is 565. The van der Waals surface area contributed by atoms with E-state index in [1.807, 2.05) is 29.2 Å². The summed E-state index contributed by atoms with van der Waals surface area (Å²) in [6.45, 7) is 2.98. The number of fused-ring (bicyclic) bond motifs is 1. The first kappa shape index (κ1) is 14.8. The predicted molar refractivity (Wildman–Crippen MR) is 86.5 cm³/mol. The second kappa shape index (κ2) is 6.40. The standard InChI is InChI=1S/C18H24N2O3/c21-18(19-16-12-23-17-4-2-1-3-15(16)17)20-9-7-14(8-10-20)22-11-13-5-6-13/h1-4,13-14,16H,5-12H2,(H,19,21)/t16-/m1/s1. The van der Waals surface area contributed by atoms with Gasteiger partial charge in [-0.25, -0.2) is 4.79 Å². The first-order chi connectivity index (χ1) is 11.3. The molecule has 3 aliphatic rings. The van der Waals surface area contributed by atoms with Crippen molar-refractivity contribution >= 4 is 6.03 Å². The number of piperidine rings is 1. The molecule has 1 saturated heterocycles. The third-order valence-corrected chi connectivity index (χ3v) is 4.99. The van der Waals surface area contributed by atoms with Gasteiger partial charge < -0.3 is 19.7 Å². The Morgan fingerprint density at radius 1 is 1.22 bits per heavy atom. The molecule has 1 atom stereocenters. The smallest absolute Gasteiger partial charge is 0.318 e. The van der Waals surface area contributed by atoms with Crippen LogP contribution in [0, 0.1) is 5.92 Å². The van der Waals surface area contributed by atoms with Crippen LogP contribution in [0.1, 0.15) is 37.3 Å². The molecule has 5 heteroatoms. The number of rotatable bonds is 4. The van der Waals surface area contributed by atoms with Gasteiger partial charge in [-0.3, -0.25) is 0 Å². The Morgan fingerprint density at radius 2 is 2.00 bits per heavy atom. The van der Waals surface area contributed by atoms with Crippen LogP contribution in [0.3, 0.4) is 0 Å². The minimum absolute atomic E-state index is 0.0101. The van der Waals surface area contributed by atoms with Crippen LogP contribution in [0.15, 0.2) is 24.3 Å². The lowest BCUT2D eigenvalue weighted by atomic mass is 10.1. The van der Waals surface area contributed by atoms with Crippen LogP contribution in [0.25, 0.3) is 0 Å². The Hall–Kier alpha value is -1.75. The van der Waals surface area contributed by atoms with Crippen LogP contribution in [-0.2, 0) is 4.74 Å².